The van der Waals surface area contributed by atoms with Crippen LogP contribution >= 0.6 is 34.8 Å². The van der Waals surface area contributed by atoms with Gasteiger partial charge in [0.05, 0.1) is 29.1 Å². The number of hydrogen-bond acceptors (Lipinski definition) is 5. The highest BCUT2D eigenvalue weighted by Crippen LogP contribution is 2.43. The molecule has 0 saturated heterocycles. The Morgan fingerprint density at radius 2 is 1.82 bits per heavy atom. The number of hydrogen-bond donors (Lipinski definition) is 0. The van der Waals surface area contributed by atoms with Crippen LogP contribution < -0.4 is 0 Å². The van der Waals surface area contributed by atoms with Gasteiger partial charge in [-0.15, -0.1) is 0 Å². The van der Waals surface area contributed by atoms with Crippen molar-refractivity contribution in [2.45, 2.75) is 13.1 Å². The lowest BCUT2D eigenvalue weighted by molar-refractivity contribution is -0.142. The molecule has 6 nitrogen and oxygen atoms in total. The molecule has 12 heteroatoms. The van der Waals surface area contributed by atoms with Crippen LogP contribution in [0.3, 0.4) is 0 Å². The van der Waals surface area contributed by atoms with Gasteiger partial charge in [-0.3, -0.25) is 0 Å². The highest BCUT2D eigenvalue weighted by atomic mass is 35.5. The molecule has 2 aromatic heterocycles. The number of benzene rings is 2. The largest absolute Gasteiger partial charge is 0.462 e. The zero-order chi connectivity index (χ0) is 24.6. The normalized spacial score (nSPS) is 11.6. The molecule has 0 amide bonds. The number of alkyl halides is 3. The fourth-order valence-electron chi connectivity index (χ4n) is 3.32. The van der Waals surface area contributed by atoms with Crippen LogP contribution in [0.1, 0.15) is 23.0 Å². The number of nitrogens with zero attached hydrogens (tertiary/aromatic N) is 3. The van der Waals surface area contributed by atoms with Gasteiger partial charge in [0, 0.05) is 15.6 Å². The average molecular weight is 531 g/mol. The zero-order valence-corrected chi connectivity index (χ0v) is 19.4. The summed E-state index contributed by atoms with van der Waals surface area (Å²) in [6, 6.07) is 10.1. The molecule has 0 unspecified atom stereocenters. The quantitative estimate of drug-likeness (QED) is 0.252. The Balaban J connectivity index is 1.98. The molecule has 0 bridgehead atoms. The minimum Gasteiger partial charge on any atom is -0.462 e. The van der Waals surface area contributed by atoms with Crippen molar-refractivity contribution in [2.75, 3.05) is 6.61 Å². The summed E-state index contributed by atoms with van der Waals surface area (Å²) in [5.74, 6) is -1.41. The number of carbonyl (C=O) groups excluding carboxylic acids is 1. The van der Waals surface area contributed by atoms with Crippen LogP contribution in [-0.2, 0) is 10.9 Å². The predicted octanol–water partition coefficient (Wildman–Crippen LogP) is 7.35. The van der Waals surface area contributed by atoms with Gasteiger partial charge in [-0.1, -0.05) is 46.0 Å². The van der Waals surface area contributed by atoms with Crippen LogP contribution in [0, 0.1) is 0 Å². The smallest absolute Gasteiger partial charge is 0.434 e. The number of ether oxygens (including phenoxy) is 1. The van der Waals surface area contributed by atoms with E-state index in [4.69, 9.17) is 44.1 Å². The third kappa shape index (κ3) is 4.51. The number of halogens is 6. The van der Waals surface area contributed by atoms with Crippen LogP contribution in [0.2, 0.25) is 15.1 Å². The van der Waals surface area contributed by atoms with Crippen molar-refractivity contribution < 1.29 is 27.2 Å². The molecule has 176 valence electrons. The zero-order valence-electron chi connectivity index (χ0n) is 17.2. The second-order valence-electron chi connectivity index (χ2n) is 6.88. The van der Waals surface area contributed by atoms with Crippen LogP contribution in [0.15, 0.2) is 53.2 Å². The Morgan fingerprint density at radius 1 is 1.09 bits per heavy atom. The van der Waals surface area contributed by atoms with Gasteiger partial charge in [-0.05, 0) is 43.3 Å². The molecule has 0 saturated carbocycles. The van der Waals surface area contributed by atoms with Gasteiger partial charge in [0.2, 0.25) is 0 Å². The summed E-state index contributed by atoms with van der Waals surface area (Å²) in [7, 11) is 0. The van der Waals surface area contributed by atoms with Gasteiger partial charge in [0.25, 0.3) is 0 Å². The maximum Gasteiger partial charge on any atom is 0.434 e. The van der Waals surface area contributed by atoms with E-state index in [-0.39, 0.29) is 39.2 Å². The molecule has 0 N–H and O–H groups in total. The lowest BCUT2D eigenvalue weighted by Crippen LogP contribution is -2.15. The molecule has 2 heterocycles. The van der Waals surface area contributed by atoms with Gasteiger partial charge in [0.15, 0.2) is 11.5 Å². The maximum absolute atomic E-state index is 14.2. The molecule has 0 spiro atoms. The second kappa shape index (κ2) is 9.32. The van der Waals surface area contributed by atoms with E-state index in [0.717, 1.165) is 6.20 Å². The first kappa shape index (κ1) is 24.1. The summed E-state index contributed by atoms with van der Waals surface area (Å²) in [4.78, 5) is 12.8. The van der Waals surface area contributed by atoms with Crippen molar-refractivity contribution in [3.05, 3.63) is 75.0 Å². The van der Waals surface area contributed by atoms with Crippen molar-refractivity contribution in [1.29, 1.82) is 0 Å². The summed E-state index contributed by atoms with van der Waals surface area (Å²) in [6.07, 6.45) is -3.95. The Labute approximate surface area is 205 Å². The monoisotopic (exact) mass is 529 g/mol. The SMILES string of the molecule is CCOC(=O)c1c(-c2ccc(Cl)cc2Cl)noc1-c1cnn(-c2cccc(Cl)c2)c1C(F)(F)F. The van der Waals surface area contributed by atoms with Crippen LogP contribution in [0.5, 0.6) is 0 Å². The molecule has 4 aromatic rings. The third-order valence-corrected chi connectivity index (χ3v) is 5.48. The minimum absolute atomic E-state index is 0.0366. The van der Waals surface area contributed by atoms with E-state index in [1.165, 1.54) is 42.5 Å². The van der Waals surface area contributed by atoms with Gasteiger partial charge in [-0.25, -0.2) is 9.48 Å². The molecule has 0 fully saturated rings. The Bertz CT molecular complexity index is 1380. The van der Waals surface area contributed by atoms with Crippen molar-refractivity contribution in [2.24, 2.45) is 0 Å². The van der Waals surface area contributed by atoms with E-state index in [1.54, 1.807) is 6.92 Å². The summed E-state index contributed by atoms with van der Waals surface area (Å²) in [5.41, 5.74) is -1.85. The van der Waals surface area contributed by atoms with E-state index < -0.39 is 29.2 Å². The molecule has 0 radical (unpaired) electrons. The fourth-order valence-corrected chi connectivity index (χ4v) is 4.01. The van der Waals surface area contributed by atoms with E-state index in [0.29, 0.717) is 9.70 Å². The lowest BCUT2D eigenvalue weighted by atomic mass is 10.0. The second-order valence-corrected chi connectivity index (χ2v) is 8.16. The van der Waals surface area contributed by atoms with Crippen LogP contribution in [0.25, 0.3) is 28.3 Å². The summed E-state index contributed by atoms with van der Waals surface area (Å²) < 4.78 is 53.7. The molecule has 34 heavy (non-hydrogen) atoms. The maximum atomic E-state index is 14.2. The average Bonchev–Trinajstić information content (AvgIpc) is 3.38. The standard InChI is InChI=1S/C22H13Cl3F3N3O3/c1-2-33-21(32)17-18(14-7-6-12(24)9-16(14)25)30-34-19(17)15-10-29-31(20(15)22(26,27)28)13-5-3-4-11(23)8-13/h3-10H,2H2,1H3. The number of rotatable bonds is 5. The molecule has 0 atom stereocenters. The van der Waals surface area contributed by atoms with Crippen LogP contribution in [-0.4, -0.2) is 27.5 Å². The first-order chi connectivity index (χ1) is 16.1. The van der Waals surface area contributed by atoms with Crippen molar-refractivity contribution in [1.82, 2.24) is 14.9 Å². The summed E-state index contributed by atoms with van der Waals surface area (Å²) >= 11 is 18.1. The predicted molar refractivity (Wildman–Crippen MR) is 120 cm³/mol. The minimum atomic E-state index is -4.88. The first-order valence-electron chi connectivity index (χ1n) is 9.65. The molecule has 0 aliphatic rings. The molecular formula is C22H13Cl3F3N3O3. The molecule has 0 aliphatic carbocycles. The van der Waals surface area contributed by atoms with Crippen molar-refractivity contribution in [3.8, 4) is 28.3 Å². The number of carbonyl (C=O) groups is 1. The lowest BCUT2D eigenvalue weighted by Gasteiger charge is -2.12. The molecule has 0 aliphatic heterocycles. The van der Waals surface area contributed by atoms with Crippen molar-refractivity contribution in [3.63, 3.8) is 0 Å². The van der Waals surface area contributed by atoms with Crippen molar-refractivity contribution >= 4 is 40.8 Å². The van der Waals surface area contributed by atoms with E-state index >= 15 is 0 Å². The van der Waals surface area contributed by atoms with E-state index in [1.807, 2.05) is 0 Å². The topological polar surface area (TPSA) is 70.2 Å². The summed E-state index contributed by atoms with van der Waals surface area (Å²) in [5, 5.41) is 8.38. The molecule has 2 aromatic carbocycles. The van der Waals surface area contributed by atoms with E-state index in [2.05, 4.69) is 10.3 Å². The van der Waals surface area contributed by atoms with E-state index in [9.17, 15) is 18.0 Å². The Kier molecular flexibility index (Phi) is 6.62. The Morgan fingerprint density at radius 3 is 2.47 bits per heavy atom. The molecular weight excluding hydrogens is 518 g/mol. The highest BCUT2D eigenvalue weighted by Gasteiger charge is 2.42. The third-order valence-electron chi connectivity index (χ3n) is 4.69. The Hall–Kier alpha value is -3.01. The number of aromatic nitrogens is 3. The van der Waals surface area contributed by atoms with Gasteiger partial charge in [-0.2, -0.15) is 18.3 Å². The van der Waals surface area contributed by atoms with Gasteiger partial charge < -0.3 is 9.26 Å². The highest BCUT2D eigenvalue weighted by molar-refractivity contribution is 6.36. The fraction of sp³-hybridized carbons (Fsp3) is 0.136. The first-order valence-corrected chi connectivity index (χ1v) is 10.8. The summed E-state index contributed by atoms with van der Waals surface area (Å²) in [6.45, 7) is 1.52. The van der Waals surface area contributed by atoms with Gasteiger partial charge >= 0.3 is 12.1 Å². The van der Waals surface area contributed by atoms with Gasteiger partial charge in [0.1, 0.15) is 11.3 Å². The van der Waals surface area contributed by atoms with Crippen LogP contribution in [0.4, 0.5) is 13.2 Å². The molecule has 4 rings (SSSR count). The number of esters is 1.